The van der Waals surface area contributed by atoms with Crippen LogP contribution in [0.15, 0.2) is 60.8 Å². The highest BCUT2D eigenvalue weighted by Gasteiger charge is 2.37. The van der Waals surface area contributed by atoms with Gasteiger partial charge in [0.2, 0.25) is 5.78 Å². The monoisotopic (exact) mass is 426 g/mol. The SMILES string of the molecule is Cc1ncccc1C(=O)c1nc(N2CCN[C@H](c3ccccc3)C2)ccc1C(F)(F)F. The van der Waals surface area contributed by atoms with Gasteiger partial charge in [0.1, 0.15) is 11.5 Å². The molecule has 3 aromatic rings. The Balaban J connectivity index is 1.70. The van der Waals surface area contributed by atoms with Crippen LogP contribution in [0.1, 0.15) is 38.9 Å². The van der Waals surface area contributed by atoms with Gasteiger partial charge in [0.25, 0.3) is 0 Å². The van der Waals surface area contributed by atoms with Crippen LogP contribution in [0.3, 0.4) is 0 Å². The molecule has 0 bridgehead atoms. The summed E-state index contributed by atoms with van der Waals surface area (Å²) >= 11 is 0. The highest BCUT2D eigenvalue weighted by Crippen LogP contribution is 2.34. The molecule has 8 heteroatoms. The summed E-state index contributed by atoms with van der Waals surface area (Å²) < 4.78 is 41.0. The number of ketones is 1. The molecule has 0 unspecified atom stereocenters. The van der Waals surface area contributed by atoms with Crippen molar-refractivity contribution in [2.45, 2.75) is 19.1 Å². The summed E-state index contributed by atoms with van der Waals surface area (Å²) in [7, 11) is 0. The van der Waals surface area contributed by atoms with Crippen LogP contribution < -0.4 is 10.2 Å². The van der Waals surface area contributed by atoms with Gasteiger partial charge >= 0.3 is 6.18 Å². The van der Waals surface area contributed by atoms with Crippen LogP contribution in [-0.2, 0) is 6.18 Å². The molecule has 0 spiro atoms. The van der Waals surface area contributed by atoms with Crippen LogP contribution in [0.5, 0.6) is 0 Å². The minimum Gasteiger partial charge on any atom is -0.353 e. The minimum absolute atomic E-state index is 0.0127. The Morgan fingerprint density at radius 1 is 1.10 bits per heavy atom. The lowest BCUT2D eigenvalue weighted by molar-refractivity contribution is -0.138. The average Bonchev–Trinajstić information content (AvgIpc) is 2.78. The third kappa shape index (κ3) is 4.44. The van der Waals surface area contributed by atoms with Crippen LogP contribution >= 0.6 is 0 Å². The molecule has 1 N–H and O–H groups in total. The fraction of sp³-hybridized carbons (Fsp3) is 0.261. The largest absolute Gasteiger partial charge is 0.418 e. The number of aryl methyl sites for hydroxylation is 1. The minimum atomic E-state index is -4.69. The number of carbonyl (C=O) groups excluding carboxylic acids is 1. The molecular formula is C23H21F3N4O. The van der Waals surface area contributed by atoms with E-state index in [-0.39, 0.29) is 11.6 Å². The molecule has 160 valence electrons. The number of hydrogen-bond donors (Lipinski definition) is 1. The number of rotatable bonds is 4. The maximum atomic E-state index is 13.7. The number of benzene rings is 1. The first kappa shape index (κ1) is 21.0. The lowest BCUT2D eigenvalue weighted by atomic mass is 10.0. The van der Waals surface area contributed by atoms with E-state index in [1.807, 2.05) is 35.2 Å². The molecule has 31 heavy (non-hydrogen) atoms. The zero-order valence-electron chi connectivity index (χ0n) is 16.9. The Labute approximate surface area is 178 Å². The maximum Gasteiger partial charge on any atom is 0.418 e. The van der Waals surface area contributed by atoms with E-state index in [2.05, 4.69) is 15.3 Å². The zero-order chi connectivity index (χ0) is 22.0. The van der Waals surface area contributed by atoms with Crippen molar-refractivity contribution < 1.29 is 18.0 Å². The van der Waals surface area contributed by atoms with Crippen molar-refractivity contribution in [2.75, 3.05) is 24.5 Å². The molecule has 1 aliphatic heterocycles. The lowest BCUT2D eigenvalue weighted by Crippen LogP contribution is -2.46. The Morgan fingerprint density at radius 3 is 2.58 bits per heavy atom. The molecule has 4 rings (SSSR count). The molecule has 0 saturated carbocycles. The highest BCUT2D eigenvalue weighted by molar-refractivity contribution is 6.09. The Kier molecular flexibility index (Phi) is 5.73. The van der Waals surface area contributed by atoms with Gasteiger partial charge in [-0.25, -0.2) is 4.98 Å². The van der Waals surface area contributed by atoms with E-state index in [0.29, 0.717) is 31.1 Å². The normalized spacial score (nSPS) is 16.9. The van der Waals surface area contributed by atoms with Gasteiger partial charge in [-0.2, -0.15) is 13.2 Å². The number of halogens is 3. The molecule has 3 heterocycles. The quantitative estimate of drug-likeness (QED) is 0.634. The lowest BCUT2D eigenvalue weighted by Gasteiger charge is -2.35. The summed E-state index contributed by atoms with van der Waals surface area (Å²) in [6.45, 7) is 3.33. The molecule has 5 nitrogen and oxygen atoms in total. The van der Waals surface area contributed by atoms with E-state index in [1.165, 1.54) is 24.4 Å². The van der Waals surface area contributed by atoms with E-state index in [1.54, 1.807) is 6.92 Å². The number of aromatic nitrogens is 2. The maximum absolute atomic E-state index is 13.7. The summed E-state index contributed by atoms with van der Waals surface area (Å²) in [6, 6.07) is 15.1. The summed E-state index contributed by atoms with van der Waals surface area (Å²) in [6.07, 6.45) is -3.20. The van der Waals surface area contributed by atoms with Crippen molar-refractivity contribution in [1.82, 2.24) is 15.3 Å². The molecule has 1 fully saturated rings. The summed E-state index contributed by atoms with van der Waals surface area (Å²) in [4.78, 5) is 23.2. The first-order valence-corrected chi connectivity index (χ1v) is 9.92. The third-order valence-corrected chi connectivity index (χ3v) is 5.35. The number of nitrogens with zero attached hydrogens (tertiary/aromatic N) is 3. The van der Waals surface area contributed by atoms with Crippen molar-refractivity contribution >= 4 is 11.6 Å². The first-order chi connectivity index (χ1) is 14.8. The smallest absolute Gasteiger partial charge is 0.353 e. The number of anilines is 1. The molecular weight excluding hydrogens is 405 g/mol. The second-order valence-electron chi connectivity index (χ2n) is 7.39. The Hall–Kier alpha value is -3.26. The fourth-order valence-electron chi connectivity index (χ4n) is 3.75. The van der Waals surface area contributed by atoms with E-state index in [9.17, 15) is 18.0 Å². The Bertz CT molecular complexity index is 1090. The molecule has 1 saturated heterocycles. The van der Waals surface area contributed by atoms with E-state index >= 15 is 0 Å². The molecule has 0 amide bonds. The molecule has 1 aromatic carbocycles. The molecule has 0 aliphatic carbocycles. The van der Waals surface area contributed by atoms with Gasteiger partial charge in [-0.3, -0.25) is 9.78 Å². The molecule has 2 aromatic heterocycles. The number of alkyl halides is 3. The highest BCUT2D eigenvalue weighted by atomic mass is 19.4. The predicted molar refractivity (Wildman–Crippen MR) is 111 cm³/mol. The van der Waals surface area contributed by atoms with Crippen LogP contribution in [0, 0.1) is 6.92 Å². The van der Waals surface area contributed by atoms with Gasteiger partial charge in [0, 0.05) is 43.1 Å². The van der Waals surface area contributed by atoms with Crippen molar-refractivity contribution in [2.24, 2.45) is 0 Å². The van der Waals surface area contributed by atoms with E-state index in [0.717, 1.165) is 11.6 Å². The summed E-state index contributed by atoms with van der Waals surface area (Å²) in [5.41, 5.74) is -0.0872. The van der Waals surface area contributed by atoms with Crippen molar-refractivity contribution in [3.8, 4) is 0 Å². The van der Waals surface area contributed by atoms with Crippen LogP contribution in [0.2, 0.25) is 0 Å². The number of carbonyl (C=O) groups is 1. The number of pyridine rings is 2. The van der Waals surface area contributed by atoms with Crippen molar-refractivity contribution in [3.63, 3.8) is 0 Å². The predicted octanol–water partition coefficient (Wildman–Crippen LogP) is 4.19. The Morgan fingerprint density at radius 2 is 1.87 bits per heavy atom. The summed E-state index contributed by atoms with van der Waals surface area (Å²) in [5.74, 6) is -0.435. The second kappa shape index (κ2) is 8.47. The second-order valence-corrected chi connectivity index (χ2v) is 7.39. The van der Waals surface area contributed by atoms with Gasteiger partial charge in [-0.15, -0.1) is 0 Å². The average molecular weight is 426 g/mol. The van der Waals surface area contributed by atoms with Gasteiger partial charge in [-0.05, 0) is 36.8 Å². The topological polar surface area (TPSA) is 58.1 Å². The fourth-order valence-corrected chi connectivity index (χ4v) is 3.75. The molecule has 1 aliphatic rings. The van der Waals surface area contributed by atoms with Gasteiger partial charge in [0.05, 0.1) is 5.56 Å². The third-order valence-electron chi connectivity index (χ3n) is 5.35. The van der Waals surface area contributed by atoms with E-state index in [4.69, 9.17) is 0 Å². The van der Waals surface area contributed by atoms with Crippen molar-refractivity contribution in [3.05, 3.63) is 88.9 Å². The first-order valence-electron chi connectivity index (χ1n) is 9.92. The van der Waals surface area contributed by atoms with Crippen LogP contribution in [0.25, 0.3) is 0 Å². The standard InChI is InChI=1S/C23H21F3N4O/c1-15-17(8-5-11-27-15)22(31)21-18(23(24,25)26)9-10-20(29-21)30-13-12-28-19(14-30)16-6-3-2-4-7-16/h2-11,19,28H,12-14H2,1H3/t19-/m0/s1. The molecule has 0 radical (unpaired) electrons. The van der Waals surface area contributed by atoms with Gasteiger partial charge in [-0.1, -0.05) is 30.3 Å². The number of hydrogen-bond acceptors (Lipinski definition) is 5. The van der Waals surface area contributed by atoms with Crippen molar-refractivity contribution in [1.29, 1.82) is 0 Å². The summed E-state index contributed by atoms with van der Waals surface area (Å²) in [5, 5.41) is 3.42. The van der Waals surface area contributed by atoms with Crippen LogP contribution in [0.4, 0.5) is 19.0 Å². The van der Waals surface area contributed by atoms with E-state index < -0.39 is 23.2 Å². The molecule has 1 atom stereocenters. The van der Waals surface area contributed by atoms with Crippen LogP contribution in [-0.4, -0.2) is 35.4 Å². The number of piperazine rings is 1. The zero-order valence-corrected chi connectivity index (χ0v) is 16.9. The number of nitrogens with one attached hydrogen (secondary N) is 1. The van der Waals surface area contributed by atoms with Gasteiger partial charge < -0.3 is 10.2 Å². The van der Waals surface area contributed by atoms with Gasteiger partial charge in [0.15, 0.2) is 0 Å².